The number of benzene rings is 1. The third kappa shape index (κ3) is 4.04. The van der Waals surface area contributed by atoms with Crippen molar-refractivity contribution in [3.8, 4) is 11.1 Å². The summed E-state index contributed by atoms with van der Waals surface area (Å²) >= 11 is -1.15. The number of aliphatic hydroxyl groups excluding tert-OH is 1. The molecular weight excluding hydrogens is 336 g/mol. The van der Waals surface area contributed by atoms with Gasteiger partial charge >= 0.3 is 0 Å². The minimum absolute atomic E-state index is 0.0296. The highest BCUT2D eigenvalue weighted by Crippen LogP contribution is 2.31. The Morgan fingerprint density at radius 1 is 1.24 bits per heavy atom. The second-order valence-corrected chi connectivity index (χ2v) is 8.93. The summed E-state index contributed by atoms with van der Waals surface area (Å²) in [6, 6.07) is 9.58. The summed E-state index contributed by atoms with van der Waals surface area (Å²) in [4.78, 5) is 4.35. The van der Waals surface area contributed by atoms with Crippen molar-refractivity contribution < 1.29 is 14.1 Å². The second-order valence-electron chi connectivity index (χ2n) is 6.88. The van der Waals surface area contributed by atoms with E-state index in [1.54, 1.807) is 12.5 Å². The molecule has 0 fully saturated rings. The molecule has 5 nitrogen and oxygen atoms in total. The van der Waals surface area contributed by atoms with Gasteiger partial charge in [-0.15, -0.1) is 4.72 Å². The number of furan rings is 1. The molecule has 6 heteroatoms. The normalized spacial score (nSPS) is 13.3. The molecule has 2 N–H and O–H groups in total. The number of nitrogens with one attached hydrogen (secondary N) is 1. The highest BCUT2D eigenvalue weighted by Gasteiger charge is 2.26. The Bertz CT molecular complexity index is 870. The van der Waals surface area contributed by atoms with E-state index in [-0.39, 0.29) is 11.4 Å². The standard InChI is InChI=1S/C19H22N2O3S/c1-19(2,3)25(23)21-11-16-10-14(4-6-20-16)17-9-13(12-22)8-15-5-7-24-18(15)17/h4-10,21-22H,11-12H2,1-3H3. The summed E-state index contributed by atoms with van der Waals surface area (Å²) in [5.41, 5.74) is 4.26. The fourth-order valence-electron chi connectivity index (χ4n) is 2.55. The lowest BCUT2D eigenvalue weighted by molar-refractivity contribution is 0.282. The molecule has 0 saturated heterocycles. The number of hydrogen-bond acceptors (Lipinski definition) is 5. The molecule has 0 radical (unpaired) electrons. The Morgan fingerprint density at radius 2 is 2.04 bits per heavy atom. The number of pyridine rings is 1. The van der Waals surface area contributed by atoms with Gasteiger partial charge in [0.05, 0.1) is 25.1 Å². The third-order valence-corrected chi connectivity index (χ3v) is 5.38. The average Bonchev–Trinajstić information content (AvgIpc) is 3.06. The molecule has 3 rings (SSSR count). The maximum Gasteiger partial charge on any atom is 0.141 e. The quantitative estimate of drug-likeness (QED) is 0.682. The number of hydrogen-bond donors (Lipinski definition) is 2. The fraction of sp³-hybridized carbons (Fsp3) is 0.316. The molecular formula is C19H22N2O3S. The zero-order chi connectivity index (χ0) is 18.0. The average molecular weight is 358 g/mol. The van der Waals surface area contributed by atoms with Crippen LogP contribution in [-0.4, -0.2) is 19.4 Å². The highest BCUT2D eigenvalue weighted by molar-refractivity contribution is 7.90. The lowest BCUT2D eigenvalue weighted by Crippen LogP contribution is -2.39. The second kappa shape index (κ2) is 7.17. The number of fused-ring (bicyclic) bond motifs is 1. The first-order chi connectivity index (χ1) is 11.9. The van der Waals surface area contributed by atoms with Gasteiger partial charge in [-0.3, -0.25) is 4.98 Å². The Morgan fingerprint density at radius 3 is 2.76 bits per heavy atom. The molecule has 1 unspecified atom stereocenters. The summed E-state index contributed by atoms with van der Waals surface area (Å²) in [5.74, 6) is 0. The zero-order valence-corrected chi connectivity index (χ0v) is 15.4. The molecule has 2 aromatic heterocycles. The van der Waals surface area contributed by atoms with Crippen LogP contribution in [0.3, 0.4) is 0 Å². The molecule has 25 heavy (non-hydrogen) atoms. The van der Waals surface area contributed by atoms with E-state index in [2.05, 4.69) is 9.71 Å². The number of aromatic nitrogens is 1. The lowest BCUT2D eigenvalue weighted by atomic mass is 10.0. The van der Waals surface area contributed by atoms with E-state index in [1.807, 2.05) is 51.1 Å². The first-order valence-corrected chi connectivity index (χ1v) is 9.25. The predicted octanol–water partition coefficient (Wildman–Crippen LogP) is 3.54. The van der Waals surface area contributed by atoms with Crippen LogP contribution in [0.15, 0.2) is 47.2 Å². The van der Waals surface area contributed by atoms with Crippen LogP contribution in [0.5, 0.6) is 0 Å². The minimum Gasteiger partial charge on any atom is -0.598 e. The van der Waals surface area contributed by atoms with Crippen LogP contribution in [-0.2, 0) is 24.5 Å². The van der Waals surface area contributed by atoms with Gasteiger partial charge in [0.1, 0.15) is 10.3 Å². The molecule has 0 bridgehead atoms. The van der Waals surface area contributed by atoms with Crippen molar-refractivity contribution in [2.45, 2.75) is 38.7 Å². The molecule has 0 amide bonds. The van der Waals surface area contributed by atoms with Gasteiger partial charge < -0.3 is 14.1 Å². The topological polar surface area (TPSA) is 81.3 Å². The number of aliphatic hydroxyl groups is 1. The van der Waals surface area contributed by atoms with Gasteiger partial charge in [0.2, 0.25) is 0 Å². The Kier molecular flexibility index (Phi) is 5.15. The van der Waals surface area contributed by atoms with E-state index in [0.29, 0.717) is 6.54 Å². The van der Waals surface area contributed by atoms with E-state index >= 15 is 0 Å². The van der Waals surface area contributed by atoms with Crippen molar-refractivity contribution >= 4 is 22.3 Å². The molecule has 3 aromatic rings. The fourth-order valence-corrected chi connectivity index (χ4v) is 3.26. The van der Waals surface area contributed by atoms with Crippen molar-refractivity contribution in [2.75, 3.05) is 0 Å². The number of nitrogens with zero attached hydrogens (tertiary/aromatic N) is 1. The van der Waals surface area contributed by atoms with Crippen molar-refractivity contribution in [1.29, 1.82) is 0 Å². The van der Waals surface area contributed by atoms with Gasteiger partial charge in [-0.2, -0.15) is 0 Å². The van der Waals surface area contributed by atoms with Gasteiger partial charge in [0.15, 0.2) is 0 Å². The molecule has 0 aliphatic rings. The number of rotatable bonds is 5. The molecule has 132 valence electrons. The van der Waals surface area contributed by atoms with Crippen LogP contribution in [0.1, 0.15) is 32.0 Å². The summed E-state index contributed by atoms with van der Waals surface area (Å²) in [5, 5.41) is 10.4. The largest absolute Gasteiger partial charge is 0.598 e. The summed E-state index contributed by atoms with van der Waals surface area (Å²) in [6.45, 7) is 6.16. The van der Waals surface area contributed by atoms with E-state index in [4.69, 9.17) is 4.42 Å². The Labute approximate surface area is 150 Å². The maximum absolute atomic E-state index is 12.1. The van der Waals surface area contributed by atoms with Crippen molar-refractivity contribution in [2.24, 2.45) is 0 Å². The van der Waals surface area contributed by atoms with Crippen LogP contribution in [0.25, 0.3) is 22.1 Å². The van der Waals surface area contributed by atoms with E-state index in [0.717, 1.165) is 33.4 Å². The van der Waals surface area contributed by atoms with Crippen molar-refractivity contribution in [3.05, 3.63) is 54.0 Å². The zero-order valence-electron chi connectivity index (χ0n) is 14.6. The molecule has 0 saturated carbocycles. The van der Waals surface area contributed by atoms with E-state index in [1.165, 1.54) is 0 Å². The molecule has 0 spiro atoms. The van der Waals surface area contributed by atoms with E-state index in [9.17, 15) is 9.66 Å². The van der Waals surface area contributed by atoms with Gasteiger partial charge in [-0.05, 0) is 62.2 Å². The summed E-state index contributed by atoms with van der Waals surface area (Å²) in [7, 11) is 0. The molecule has 1 aromatic carbocycles. The predicted molar refractivity (Wildman–Crippen MR) is 100 cm³/mol. The van der Waals surface area contributed by atoms with Gasteiger partial charge in [-0.25, -0.2) is 0 Å². The highest BCUT2D eigenvalue weighted by atomic mass is 32.2. The Hall–Kier alpha value is -1.86. The van der Waals surface area contributed by atoms with Crippen LogP contribution in [0, 0.1) is 0 Å². The summed E-state index contributed by atoms with van der Waals surface area (Å²) < 4.78 is 20.5. The lowest BCUT2D eigenvalue weighted by Gasteiger charge is -2.23. The molecule has 1 atom stereocenters. The first kappa shape index (κ1) is 17.9. The smallest absolute Gasteiger partial charge is 0.141 e. The first-order valence-electron chi connectivity index (χ1n) is 8.10. The minimum atomic E-state index is -1.15. The van der Waals surface area contributed by atoms with Crippen molar-refractivity contribution in [1.82, 2.24) is 9.71 Å². The SMILES string of the molecule is CC(C)(C)[S+]([O-])NCc1cc(-c2cc(CO)cc3ccoc23)ccn1. The van der Waals surface area contributed by atoms with Crippen LogP contribution >= 0.6 is 0 Å². The molecule has 0 aliphatic carbocycles. The van der Waals surface area contributed by atoms with Gasteiger partial charge in [-0.1, -0.05) is 0 Å². The van der Waals surface area contributed by atoms with E-state index < -0.39 is 11.4 Å². The molecule has 2 heterocycles. The van der Waals surface area contributed by atoms with Crippen LogP contribution in [0.4, 0.5) is 0 Å². The third-order valence-electron chi connectivity index (χ3n) is 3.86. The molecule has 0 aliphatic heterocycles. The monoisotopic (exact) mass is 358 g/mol. The van der Waals surface area contributed by atoms with Gasteiger partial charge in [0.25, 0.3) is 0 Å². The summed E-state index contributed by atoms with van der Waals surface area (Å²) in [6.07, 6.45) is 3.37. The Balaban J connectivity index is 1.91. The van der Waals surface area contributed by atoms with Crippen molar-refractivity contribution in [3.63, 3.8) is 0 Å². The van der Waals surface area contributed by atoms with Crippen LogP contribution < -0.4 is 4.72 Å². The maximum atomic E-state index is 12.1. The van der Waals surface area contributed by atoms with Crippen LogP contribution in [0.2, 0.25) is 0 Å². The van der Waals surface area contributed by atoms with Gasteiger partial charge in [0, 0.05) is 28.5 Å².